The molecule has 0 atom stereocenters. The van der Waals surface area contributed by atoms with Crippen molar-refractivity contribution in [2.75, 3.05) is 291 Å². The van der Waals surface area contributed by atoms with Crippen LogP contribution in [0.3, 0.4) is 0 Å². The van der Waals surface area contributed by atoms with Gasteiger partial charge in [-0.15, -0.1) is 20.4 Å². The van der Waals surface area contributed by atoms with Crippen molar-refractivity contribution < 1.29 is 99.6 Å². The van der Waals surface area contributed by atoms with Crippen molar-refractivity contribution >= 4 is 17.7 Å². The fourth-order valence-electron chi connectivity index (χ4n) is 8.59. The summed E-state index contributed by atoms with van der Waals surface area (Å²) in [7, 11) is 3.21. The van der Waals surface area contributed by atoms with Gasteiger partial charge in [-0.1, -0.05) is 20.9 Å². The quantitative estimate of drug-likeness (QED) is 0.0348. The van der Waals surface area contributed by atoms with Crippen molar-refractivity contribution in [3.8, 4) is 0 Å². The van der Waals surface area contributed by atoms with Crippen LogP contribution in [0.15, 0.2) is 24.8 Å². The van der Waals surface area contributed by atoms with Crippen molar-refractivity contribution in [1.29, 1.82) is 0 Å². The Morgan fingerprint density at radius 1 is 0.333 bits per heavy atom. The Kier molecular flexibility index (Phi) is 61.0. The maximum Gasteiger partial charge on any atom is 0.222 e. The van der Waals surface area contributed by atoms with E-state index in [-0.39, 0.29) is 17.7 Å². The van der Waals surface area contributed by atoms with Crippen LogP contribution in [0.25, 0.3) is 0 Å². The Bertz CT molecular complexity index is 2620. The fraction of sp³-hybridized carbons (Fsp3) is 0.833. The summed E-state index contributed by atoms with van der Waals surface area (Å²) in [5, 5.41) is 39.7. The van der Waals surface area contributed by atoms with Gasteiger partial charge in [0.2, 0.25) is 17.7 Å². The molecule has 4 aromatic rings. The Hall–Kier alpha value is -5.87. The van der Waals surface area contributed by atoms with Crippen molar-refractivity contribution in [3.05, 3.63) is 47.6 Å². The molecular weight excluding hydrogens is 1380 g/mol. The predicted molar refractivity (Wildman–Crippen MR) is 380 cm³/mol. The number of hydrogen-bond acceptors (Lipinski definition) is 32. The summed E-state index contributed by atoms with van der Waals surface area (Å²) in [6.45, 7) is 30.5. The van der Waals surface area contributed by atoms with Crippen molar-refractivity contribution in [2.24, 2.45) is 5.73 Å². The van der Waals surface area contributed by atoms with E-state index < -0.39 is 0 Å². The first-order valence-corrected chi connectivity index (χ1v) is 36.3. The average molecular weight is 1510 g/mol. The molecule has 39 nitrogen and oxygen atoms in total. The van der Waals surface area contributed by atoms with Crippen molar-refractivity contribution in [1.82, 2.24) is 85.7 Å². The monoisotopic (exact) mass is 1500 g/mol. The Morgan fingerprint density at radius 3 is 0.800 bits per heavy atom. The SMILES string of the molecule is CNC(=O)CCOCCOCCOCCN(CCOCCOCCOCCn1cc(C)nn1)CCOCCOCCOCCn1cc(CN)nn1.CNC(=O)CCOCCOCCOCCN(CCOCCOCCOCCn1cc(C)nn1)CCOCCOCCOCCn1cc(CNC(C)=O)nn1. The molecule has 5 N–H and O–H groups in total. The first kappa shape index (κ1) is 93.3. The third-order valence-corrected chi connectivity index (χ3v) is 14.3. The number of nitrogens with zero attached hydrogens (tertiary/aromatic N) is 14. The van der Waals surface area contributed by atoms with Crippen molar-refractivity contribution in [3.63, 3.8) is 0 Å². The fourth-order valence-corrected chi connectivity index (χ4v) is 8.59. The van der Waals surface area contributed by atoms with E-state index in [1.54, 1.807) is 39.0 Å². The molecule has 0 unspecified atom stereocenters. The van der Waals surface area contributed by atoms with E-state index in [0.29, 0.717) is 296 Å². The smallest absolute Gasteiger partial charge is 0.222 e. The van der Waals surface area contributed by atoms with Gasteiger partial charge in [0.25, 0.3) is 0 Å². The highest BCUT2D eigenvalue weighted by Gasteiger charge is 2.10. The minimum Gasteiger partial charge on any atom is -0.379 e. The third-order valence-electron chi connectivity index (χ3n) is 14.3. The van der Waals surface area contributed by atoms with Gasteiger partial charge in [-0.25, -0.2) is 18.7 Å². The molecule has 4 heterocycles. The molecule has 0 aliphatic heterocycles. The number of aromatic nitrogens is 12. The second kappa shape index (κ2) is 68.6. The number of hydrogen-bond donors (Lipinski definition) is 4. The minimum absolute atomic E-state index is 0.0422. The molecule has 604 valence electrons. The minimum atomic E-state index is -0.110. The van der Waals surface area contributed by atoms with Crippen LogP contribution in [0.5, 0.6) is 0 Å². The van der Waals surface area contributed by atoms with E-state index in [2.05, 4.69) is 67.0 Å². The van der Waals surface area contributed by atoms with E-state index in [4.69, 9.17) is 91.0 Å². The number of carbonyl (C=O) groups excluding carboxylic acids is 3. The summed E-state index contributed by atoms with van der Waals surface area (Å²) in [6, 6.07) is 0. The summed E-state index contributed by atoms with van der Waals surface area (Å²) in [5.74, 6) is -0.199. The van der Waals surface area contributed by atoms with Gasteiger partial charge in [0.15, 0.2) is 0 Å². The molecule has 0 saturated heterocycles. The number of ether oxygens (including phenoxy) is 18. The second-order valence-corrected chi connectivity index (χ2v) is 22.9. The van der Waals surface area contributed by atoms with Gasteiger partial charge >= 0.3 is 0 Å². The third kappa shape index (κ3) is 57.9. The second-order valence-electron chi connectivity index (χ2n) is 22.9. The van der Waals surface area contributed by atoms with Gasteiger partial charge in [0.1, 0.15) is 5.69 Å². The molecule has 4 aromatic heterocycles. The molecule has 3 amide bonds. The molecule has 0 aromatic carbocycles. The van der Waals surface area contributed by atoms with E-state index in [1.165, 1.54) is 6.92 Å². The van der Waals surface area contributed by atoms with Crippen LogP contribution in [-0.2, 0) is 139 Å². The number of nitrogens with one attached hydrogen (secondary N) is 3. The summed E-state index contributed by atoms with van der Waals surface area (Å²) >= 11 is 0. The van der Waals surface area contributed by atoms with Crippen LogP contribution in [0, 0.1) is 13.8 Å². The highest BCUT2D eigenvalue weighted by molar-refractivity contribution is 5.75. The van der Waals surface area contributed by atoms with Crippen LogP contribution >= 0.6 is 0 Å². The zero-order chi connectivity index (χ0) is 75.2. The topological polar surface area (TPSA) is 409 Å². The number of aryl methyl sites for hydroxylation is 2. The molecule has 0 aliphatic carbocycles. The summed E-state index contributed by atoms with van der Waals surface area (Å²) in [6.07, 6.45) is 8.04. The first-order valence-electron chi connectivity index (χ1n) is 36.3. The number of amides is 3. The maximum atomic E-state index is 11.2. The molecule has 0 aliphatic rings. The molecule has 39 heteroatoms. The molecular formula is C66H124N18O21. The lowest BCUT2D eigenvalue weighted by atomic mass is 10.4. The standard InChI is InChI=1S/C34H63N9O11.C32H61N9O10/c1-31-29-42(39-37-31)8-14-50-20-26-53-24-18-48-12-6-41(5-11-47-17-23-52-22-16-46-10-4-34(45)35-3)7-13-49-19-25-54-27-21-51-15-9-43-30-33(38-40-43)28-36-32(2)44;1-30-28-40(37-35-30)7-13-47-19-25-50-23-17-45-11-5-39(4-10-44-16-22-49-21-15-43-9-3-32(42)34-2)6-12-46-18-24-51-26-20-48-14-8-41-29-31(27-33)36-38-41/h29-30H,4-28H2,1-3H3,(H,35,45)(H,36,44);28-29H,3-27,33H2,1-2H3,(H,34,42). The van der Waals surface area contributed by atoms with Crippen LogP contribution < -0.4 is 21.7 Å². The Balaban J connectivity index is 0.000000546. The van der Waals surface area contributed by atoms with Gasteiger partial charge in [-0.3, -0.25) is 24.2 Å². The predicted octanol–water partition coefficient (Wildman–Crippen LogP) is -1.97. The molecule has 0 radical (unpaired) electrons. The van der Waals surface area contributed by atoms with Crippen LogP contribution in [-0.4, -0.2) is 379 Å². The molecule has 0 spiro atoms. The summed E-state index contributed by atoms with van der Waals surface area (Å²) in [5.41, 5.74) is 8.77. The average Bonchev–Trinajstić information content (AvgIpc) is 1.83. The molecule has 0 saturated carbocycles. The Morgan fingerprint density at radius 2 is 0.562 bits per heavy atom. The van der Waals surface area contributed by atoms with Gasteiger partial charge in [0, 0.05) is 98.3 Å². The summed E-state index contributed by atoms with van der Waals surface area (Å²) in [4.78, 5) is 37.9. The number of carbonyl (C=O) groups is 3. The van der Waals surface area contributed by atoms with Crippen LogP contribution in [0.1, 0.15) is 42.5 Å². The molecule has 105 heavy (non-hydrogen) atoms. The Labute approximate surface area is 618 Å². The van der Waals surface area contributed by atoms with E-state index in [1.807, 2.05) is 32.4 Å². The lowest BCUT2D eigenvalue weighted by Crippen LogP contribution is -2.34. The lowest BCUT2D eigenvalue weighted by Gasteiger charge is -2.22. The number of nitrogens with two attached hydrogens (primary N) is 1. The van der Waals surface area contributed by atoms with Crippen LogP contribution in [0.4, 0.5) is 0 Å². The maximum absolute atomic E-state index is 11.2. The highest BCUT2D eigenvalue weighted by Crippen LogP contribution is 2.00. The molecule has 4 rings (SSSR count). The van der Waals surface area contributed by atoms with E-state index >= 15 is 0 Å². The first-order chi connectivity index (χ1) is 51.6. The van der Waals surface area contributed by atoms with Gasteiger partial charge in [-0.2, -0.15) is 0 Å². The van der Waals surface area contributed by atoms with Gasteiger partial charge in [0.05, 0.1) is 294 Å². The largest absolute Gasteiger partial charge is 0.379 e. The summed E-state index contributed by atoms with van der Waals surface area (Å²) < 4.78 is 108. The zero-order valence-corrected chi connectivity index (χ0v) is 63.1. The normalized spacial score (nSPS) is 11.5. The lowest BCUT2D eigenvalue weighted by molar-refractivity contribution is -0.122. The zero-order valence-electron chi connectivity index (χ0n) is 63.1. The van der Waals surface area contributed by atoms with E-state index in [0.717, 1.165) is 56.4 Å². The van der Waals surface area contributed by atoms with Gasteiger partial charge < -0.3 is 107 Å². The van der Waals surface area contributed by atoms with E-state index in [9.17, 15) is 14.4 Å². The number of rotatable bonds is 75. The molecule has 0 bridgehead atoms. The molecule has 0 fully saturated rings. The van der Waals surface area contributed by atoms with Crippen molar-refractivity contribution in [2.45, 2.75) is 72.9 Å². The van der Waals surface area contributed by atoms with Gasteiger partial charge in [-0.05, 0) is 13.8 Å². The van der Waals surface area contributed by atoms with Crippen LogP contribution in [0.2, 0.25) is 0 Å². The highest BCUT2D eigenvalue weighted by atomic mass is 16.6.